The molecule has 0 saturated carbocycles. The van der Waals surface area contributed by atoms with E-state index in [0.717, 1.165) is 12.8 Å². The van der Waals surface area contributed by atoms with Crippen LogP contribution in [0.1, 0.15) is 37.0 Å². The van der Waals surface area contributed by atoms with E-state index in [9.17, 15) is 14.4 Å². The second-order valence-electron chi connectivity index (χ2n) is 6.72. The molecule has 1 aliphatic heterocycles. The molecular weight excluding hydrogens is 391 g/mol. The Balaban J connectivity index is 0.00000364. The van der Waals surface area contributed by atoms with Crippen molar-refractivity contribution in [3.05, 3.63) is 28.8 Å². The number of halogens is 2. The molecule has 4 N–H and O–H groups in total. The first kappa shape index (κ1) is 23.2. The molecule has 27 heavy (non-hydrogen) atoms. The number of benzene rings is 1. The Morgan fingerprint density at radius 3 is 2.44 bits per heavy atom. The first-order valence-corrected chi connectivity index (χ1v) is 9.09. The van der Waals surface area contributed by atoms with Gasteiger partial charge in [0.05, 0.1) is 23.8 Å². The number of hydrogen-bond donors (Lipinski definition) is 3. The first-order valence-electron chi connectivity index (χ1n) is 8.71. The van der Waals surface area contributed by atoms with Crippen molar-refractivity contribution in [2.24, 2.45) is 11.7 Å². The van der Waals surface area contributed by atoms with Gasteiger partial charge in [-0.2, -0.15) is 0 Å². The smallest absolute Gasteiger partial charge is 0.256 e. The quantitative estimate of drug-likeness (QED) is 0.659. The van der Waals surface area contributed by atoms with E-state index in [4.69, 9.17) is 17.3 Å². The summed E-state index contributed by atoms with van der Waals surface area (Å²) in [5, 5.41) is 5.58. The highest BCUT2D eigenvalue weighted by Crippen LogP contribution is 2.24. The van der Waals surface area contributed by atoms with Crippen molar-refractivity contribution in [3.8, 4) is 0 Å². The zero-order valence-electron chi connectivity index (χ0n) is 15.5. The number of rotatable bonds is 6. The maximum absolute atomic E-state index is 12.7. The summed E-state index contributed by atoms with van der Waals surface area (Å²) in [5.74, 6) is -1.02. The third kappa shape index (κ3) is 6.37. The molecule has 150 valence electrons. The second-order valence-corrected chi connectivity index (χ2v) is 7.16. The Kier molecular flexibility index (Phi) is 9.02. The van der Waals surface area contributed by atoms with E-state index < -0.39 is 11.9 Å². The number of nitrogens with two attached hydrogens (primary N) is 1. The van der Waals surface area contributed by atoms with Crippen molar-refractivity contribution >= 4 is 47.4 Å². The molecule has 0 aliphatic carbocycles. The maximum Gasteiger partial charge on any atom is 0.256 e. The van der Waals surface area contributed by atoms with Crippen LogP contribution in [0.2, 0.25) is 5.02 Å². The molecule has 0 aromatic heterocycles. The average molecular weight is 417 g/mol. The molecule has 1 atom stereocenters. The van der Waals surface area contributed by atoms with Crippen LogP contribution >= 0.6 is 24.0 Å². The van der Waals surface area contributed by atoms with Gasteiger partial charge >= 0.3 is 0 Å². The lowest BCUT2D eigenvalue weighted by Crippen LogP contribution is -2.46. The van der Waals surface area contributed by atoms with Gasteiger partial charge in [-0.1, -0.05) is 25.4 Å². The number of carbonyl (C=O) groups excluding carboxylic acids is 3. The number of likely N-dealkylation sites (tertiary alicyclic amines) is 1. The van der Waals surface area contributed by atoms with E-state index in [1.807, 2.05) is 13.8 Å². The Morgan fingerprint density at radius 2 is 1.85 bits per heavy atom. The largest absolute Gasteiger partial charge is 0.346 e. The predicted molar refractivity (Wildman–Crippen MR) is 108 cm³/mol. The molecular formula is C18H26Cl2N4O3. The summed E-state index contributed by atoms with van der Waals surface area (Å²) >= 11 is 6.02. The Labute approximate surface area is 170 Å². The Hall–Kier alpha value is -1.83. The summed E-state index contributed by atoms with van der Waals surface area (Å²) in [6.45, 7) is 4.82. The van der Waals surface area contributed by atoms with Gasteiger partial charge in [-0.15, -0.1) is 12.4 Å². The zero-order valence-corrected chi connectivity index (χ0v) is 17.0. The SMILES string of the molecule is CC(C)[C@H](N)C(=O)NCC(=O)Nc1ccc(Cl)cc1C(=O)N1CCCC1.Cl. The number of nitrogens with one attached hydrogen (secondary N) is 2. The monoisotopic (exact) mass is 416 g/mol. The molecule has 7 nitrogen and oxygen atoms in total. The van der Waals surface area contributed by atoms with Gasteiger partial charge in [-0.25, -0.2) is 0 Å². The van der Waals surface area contributed by atoms with Crippen LogP contribution in [-0.4, -0.2) is 48.3 Å². The maximum atomic E-state index is 12.7. The van der Waals surface area contributed by atoms with Gasteiger partial charge in [0.2, 0.25) is 11.8 Å². The normalized spacial score (nSPS) is 14.5. The van der Waals surface area contributed by atoms with Crippen LogP contribution in [0.4, 0.5) is 5.69 Å². The second kappa shape index (κ2) is 10.5. The van der Waals surface area contributed by atoms with Crippen LogP contribution < -0.4 is 16.4 Å². The van der Waals surface area contributed by atoms with Crippen LogP contribution in [0.15, 0.2) is 18.2 Å². The lowest BCUT2D eigenvalue weighted by atomic mass is 10.1. The Morgan fingerprint density at radius 1 is 1.22 bits per heavy atom. The van der Waals surface area contributed by atoms with Gasteiger partial charge in [-0.3, -0.25) is 14.4 Å². The van der Waals surface area contributed by atoms with Gasteiger partial charge in [0.1, 0.15) is 0 Å². The minimum atomic E-state index is -0.675. The van der Waals surface area contributed by atoms with Crippen molar-refractivity contribution in [3.63, 3.8) is 0 Å². The van der Waals surface area contributed by atoms with Crippen molar-refractivity contribution in [1.82, 2.24) is 10.2 Å². The molecule has 0 unspecified atom stereocenters. The van der Waals surface area contributed by atoms with Crippen molar-refractivity contribution < 1.29 is 14.4 Å². The number of hydrogen-bond acceptors (Lipinski definition) is 4. The lowest BCUT2D eigenvalue weighted by molar-refractivity contribution is -0.125. The van der Waals surface area contributed by atoms with Crippen molar-refractivity contribution in [1.29, 1.82) is 0 Å². The van der Waals surface area contributed by atoms with E-state index in [-0.39, 0.29) is 36.7 Å². The first-order chi connectivity index (χ1) is 12.3. The Bertz CT molecular complexity index is 691. The fraction of sp³-hybridized carbons (Fsp3) is 0.500. The summed E-state index contributed by atoms with van der Waals surface area (Å²) in [6, 6.07) is 4.06. The highest BCUT2D eigenvalue weighted by atomic mass is 35.5. The van der Waals surface area contributed by atoms with Gasteiger partial charge in [0.15, 0.2) is 0 Å². The van der Waals surface area contributed by atoms with Gasteiger partial charge in [0, 0.05) is 18.1 Å². The van der Waals surface area contributed by atoms with Crippen LogP contribution in [0, 0.1) is 5.92 Å². The summed E-state index contributed by atoms with van der Waals surface area (Å²) < 4.78 is 0. The molecule has 1 fully saturated rings. The molecule has 1 aliphatic rings. The van der Waals surface area contributed by atoms with Crippen LogP contribution in [0.3, 0.4) is 0 Å². The fourth-order valence-corrected chi connectivity index (χ4v) is 2.85. The molecule has 2 rings (SSSR count). The van der Waals surface area contributed by atoms with Crippen LogP contribution in [0.5, 0.6) is 0 Å². The minimum absolute atomic E-state index is 0. The third-order valence-corrected chi connectivity index (χ3v) is 4.56. The number of amides is 3. The van der Waals surface area contributed by atoms with Crippen molar-refractivity contribution in [2.45, 2.75) is 32.7 Å². The topological polar surface area (TPSA) is 105 Å². The van der Waals surface area contributed by atoms with Crippen molar-refractivity contribution in [2.75, 3.05) is 25.0 Å². The van der Waals surface area contributed by atoms with E-state index in [1.54, 1.807) is 23.1 Å². The molecule has 1 aromatic rings. The predicted octanol–water partition coefficient (Wildman–Crippen LogP) is 2.04. The summed E-state index contributed by atoms with van der Waals surface area (Å²) in [6.07, 6.45) is 1.94. The van der Waals surface area contributed by atoms with E-state index in [2.05, 4.69) is 10.6 Å². The number of anilines is 1. The molecule has 1 heterocycles. The van der Waals surface area contributed by atoms with Crippen LogP contribution in [-0.2, 0) is 9.59 Å². The van der Waals surface area contributed by atoms with Gasteiger partial charge in [-0.05, 0) is 37.0 Å². The zero-order chi connectivity index (χ0) is 19.3. The third-order valence-electron chi connectivity index (χ3n) is 4.32. The molecule has 0 radical (unpaired) electrons. The lowest BCUT2D eigenvalue weighted by Gasteiger charge is -2.19. The van der Waals surface area contributed by atoms with Gasteiger partial charge < -0.3 is 21.3 Å². The average Bonchev–Trinajstić information content (AvgIpc) is 3.14. The molecule has 0 spiro atoms. The highest BCUT2D eigenvalue weighted by molar-refractivity contribution is 6.31. The molecule has 0 bridgehead atoms. The summed E-state index contributed by atoms with van der Waals surface area (Å²) in [5.41, 5.74) is 6.46. The molecule has 3 amide bonds. The van der Waals surface area contributed by atoms with Crippen LogP contribution in [0.25, 0.3) is 0 Å². The van der Waals surface area contributed by atoms with Gasteiger partial charge in [0.25, 0.3) is 5.91 Å². The highest BCUT2D eigenvalue weighted by Gasteiger charge is 2.23. The minimum Gasteiger partial charge on any atom is -0.346 e. The van der Waals surface area contributed by atoms with E-state index in [0.29, 0.717) is 29.4 Å². The number of nitrogens with zero attached hydrogens (tertiary/aromatic N) is 1. The molecule has 1 aromatic carbocycles. The summed E-state index contributed by atoms with van der Waals surface area (Å²) in [4.78, 5) is 38.4. The fourth-order valence-electron chi connectivity index (χ4n) is 2.68. The summed E-state index contributed by atoms with van der Waals surface area (Å²) in [7, 11) is 0. The van der Waals surface area contributed by atoms with E-state index in [1.165, 1.54) is 0 Å². The molecule has 9 heteroatoms. The molecule has 1 saturated heterocycles. The van der Waals surface area contributed by atoms with E-state index >= 15 is 0 Å². The standard InChI is InChI=1S/C18H25ClN4O3.ClH/c1-11(2)16(20)17(25)21-10-15(24)22-14-6-5-12(19)9-13(14)18(26)23-7-3-4-8-23;/h5-6,9,11,16H,3-4,7-8,10,20H2,1-2H3,(H,21,25)(H,22,24);1H/t16-;/m0./s1. The number of carbonyl (C=O) groups is 3.